The molecule has 8 nitrogen and oxygen atoms in total. The summed E-state index contributed by atoms with van der Waals surface area (Å²) in [6, 6.07) is 4.61. The number of nitrogens with one attached hydrogen (secondary N) is 1. The fraction of sp³-hybridized carbons (Fsp3) is 0.357. The molecule has 2 aromatic heterocycles. The van der Waals surface area contributed by atoms with E-state index in [1.165, 1.54) is 23.6 Å². The van der Waals surface area contributed by atoms with E-state index in [2.05, 4.69) is 9.97 Å². The first-order chi connectivity index (χ1) is 10.6. The van der Waals surface area contributed by atoms with E-state index in [9.17, 15) is 14.7 Å². The van der Waals surface area contributed by atoms with Gasteiger partial charge in [0.2, 0.25) is 0 Å². The molecule has 2 N–H and O–H groups in total. The number of aromatic nitrogens is 2. The second-order valence-electron chi connectivity index (χ2n) is 5.10. The van der Waals surface area contributed by atoms with Gasteiger partial charge in [0.25, 0.3) is 11.5 Å². The molecule has 0 aromatic carbocycles. The molecule has 1 aliphatic heterocycles. The summed E-state index contributed by atoms with van der Waals surface area (Å²) in [4.78, 5) is 33.5. The molecule has 0 aliphatic carbocycles. The van der Waals surface area contributed by atoms with Gasteiger partial charge in [-0.05, 0) is 12.1 Å². The van der Waals surface area contributed by atoms with Crippen molar-refractivity contribution < 1.29 is 14.3 Å². The second-order valence-corrected chi connectivity index (χ2v) is 5.10. The van der Waals surface area contributed by atoms with Crippen LogP contribution < -0.4 is 10.5 Å². The van der Waals surface area contributed by atoms with E-state index in [0.29, 0.717) is 25.5 Å². The normalized spacial score (nSPS) is 19.0. The number of nitrogens with zero attached hydrogens (tertiary/aromatic N) is 3. The lowest BCUT2D eigenvalue weighted by Crippen LogP contribution is -2.37. The largest absolute Gasteiger partial charge is 0.459 e. The fourth-order valence-corrected chi connectivity index (χ4v) is 2.47. The van der Waals surface area contributed by atoms with Crippen molar-refractivity contribution in [2.24, 2.45) is 0 Å². The Bertz CT molecular complexity index is 697. The maximum absolute atomic E-state index is 12.3. The van der Waals surface area contributed by atoms with Gasteiger partial charge in [-0.3, -0.25) is 9.59 Å². The van der Waals surface area contributed by atoms with Crippen LogP contribution in [-0.4, -0.2) is 58.2 Å². The van der Waals surface area contributed by atoms with Crippen molar-refractivity contribution >= 4 is 11.7 Å². The summed E-state index contributed by atoms with van der Waals surface area (Å²) in [7, 11) is 0. The van der Waals surface area contributed by atoms with Crippen molar-refractivity contribution in [3.63, 3.8) is 0 Å². The lowest BCUT2D eigenvalue weighted by molar-refractivity contribution is 0.0643. The van der Waals surface area contributed by atoms with Gasteiger partial charge >= 0.3 is 0 Å². The molecule has 1 amide bonds. The number of carbonyl (C=O) groups excluding carboxylic acids is 1. The number of aromatic amines is 1. The zero-order chi connectivity index (χ0) is 15.5. The Morgan fingerprint density at radius 2 is 2.27 bits per heavy atom. The molecule has 0 radical (unpaired) electrons. The molecule has 1 fully saturated rings. The van der Waals surface area contributed by atoms with E-state index < -0.39 is 6.10 Å². The molecule has 0 saturated carbocycles. The topological polar surface area (TPSA) is 103 Å². The van der Waals surface area contributed by atoms with Crippen molar-refractivity contribution in [2.45, 2.75) is 6.10 Å². The predicted molar refractivity (Wildman–Crippen MR) is 77.7 cm³/mol. The SMILES string of the molecule is O=C(c1ccco1)N1CCN(c2cc(=O)[nH]cn2)C[C@@H](O)C1. The van der Waals surface area contributed by atoms with Crippen LogP contribution in [0.25, 0.3) is 0 Å². The first-order valence-corrected chi connectivity index (χ1v) is 6.94. The summed E-state index contributed by atoms with van der Waals surface area (Å²) in [5.41, 5.74) is -0.257. The third-order valence-corrected chi connectivity index (χ3v) is 3.51. The standard InChI is InChI=1S/C14H16N4O4/c19-10-7-17(12-6-13(20)16-9-15-12)3-4-18(8-10)14(21)11-2-1-5-22-11/h1-2,5-6,9-10,19H,3-4,7-8H2,(H,15,16,20)/t10-/m1/s1. The van der Waals surface area contributed by atoms with Gasteiger partial charge in [-0.1, -0.05) is 0 Å². The van der Waals surface area contributed by atoms with E-state index in [4.69, 9.17) is 4.42 Å². The highest BCUT2D eigenvalue weighted by molar-refractivity contribution is 5.91. The number of aliphatic hydroxyl groups is 1. The van der Waals surface area contributed by atoms with Crippen LogP contribution in [0.1, 0.15) is 10.6 Å². The quantitative estimate of drug-likeness (QED) is 0.789. The zero-order valence-electron chi connectivity index (χ0n) is 11.8. The third-order valence-electron chi connectivity index (χ3n) is 3.51. The molecule has 22 heavy (non-hydrogen) atoms. The number of H-pyrrole nitrogens is 1. The van der Waals surface area contributed by atoms with Crippen LogP contribution in [0.2, 0.25) is 0 Å². The molecule has 0 unspecified atom stereocenters. The highest BCUT2D eigenvalue weighted by atomic mass is 16.3. The Labute approximate surface area is 126 Å². The third kappa shape index (κ3) is 3.01. The van der Waals surface area contributed by atoms with Crippen molar-refractivity contribution in [1.29, 1.82) is 0 Å². The number of amides is 1. The molecule has 1 atom stereocenters. The number of furan rings is 1. The first-order valence-electron chi connectivity index (χ1n) is 6.94. The van der Waals surface area contributed by atoms with Crippen LogP contribution in [0.5, 0.6) is 0 Å². The predicted octanol–water partition coefficient (Wildman–Crippen LogP) is -0.314. The minimum atomic E-state index is -0.734. The van der Waals surface area contributed by atoms with Gasteiger partial charge in [-0.25, -0.2) is 4.98 Å². The summed E-state index contributed by atoms with van der Waals surface area (Å²) in [5.74, 6) is 0.467. The first kappa shape index (κ1) is 14.3. The zero-order valence-corrected chi connectivity index (χ0v) is 11.8. The molecule has 3 rings (SSSR count). The molecule has 3 heterocycles. The molecule has 1 saturated heterocycles. The number of anilines is 1. The monoisotopic (exact) mass is 304 g/mol. The average molecular weight is 304 g/mol. The average Bonchev–Trinajstić information content (AvgIpc) is 2.96. The van der Waals surface area contributed by atoms with E-state index in [1.807, 2.05) is 0 Å². The molecule has 1 aliphatic rings. The Morgan fingerprint density at radius 3 is 3.00 bits per heavy atom. The number of hydrogen-bond donors (Lipinski definition) is 2. The smallest absolute Gasteiger partial charge is 0.289 e. The summed E-state index contributed by atoms with van der Waals surface area (Å²) in [5, 5.41) is 10.1. The highest BCUT2D eigenvalue weighted by Crippen LogP contribution is 2.14. The van der Waals surface area contributed by atoms with Gasteiger partial charge < -0.3 is 24.3 Å². The fourth-order valence-electron chi connectivity index (χ4n) is 2.47. The lowest BCUT2D eigenvalue weighted by atomic mass is 10.3. The van der Waals surface area contributed by atoms with Crippen LogP contribution in [-0.2, 0) is 0 Å². The molecule has 0 spiro atoms. The van der Waals surface area contributed by atoms with Crippen LogP contribution >= 0.6 is 0 Å². The minimum absolute atomic E-state index is 0.208. The van der Waals surface area contributed by atoms with Gasteiger partial charge in [0.05, 0.1) is 18.7 Å². The van der Waals surface area contributed by atoms with Gasteiger partial charge in [0.15, 0.2) is 5.76 Å². The van der Waals surface area contributed by atoms with Crippen molar-refractivity contribution in [3.05, 3.63) is 46.9 Å². The van der Waals surface area contributed by atoms with Crippen LogP contribution in [0, 0.1) is 0 Å². The van der Waals surface area contributed by atoms with Crippen molar-refractivity contribution in [2.75, 3.05) is 31.1 Å². The van der Waals surface area contributed by atoms with E-state index in [1.54, 1.807) is 17.0 Å². The maximum Gasteiger partial charge on any atom is 0.289 e. The van der Waals surface area contributed by atoms with E-state index in [0.717, 1.165) is 0 Å². The highest BCUT2D eigenvalue weighted by Gasteiger charge is 2.27. The summed E-state index contributed by atoms with van der Waals surface area (Å²) < 4.78 is 5.11. The van der Waals surface area contributed by atoms with Crippen LogP contribution in [0.3, 0.4) is 0 Å². The number of carbonyl (C=O) groups is 1. The number of aliphatic hydroxyl groups excluding tert-OH is 1. The molecular weight excluding hydrogens is 288 g/mol. The van der Waals surface area contributed by atoms with Gasteiger partial charge in [0.1, 0.15) is 5.82 Å². The Kier molecular flexibility index (Phi) is 3.92. The van der Waals surface area contributed by atoms with E-state index in [-0.39, 0.29) is 23.8 Å². The Morgan fingerprint density at radius 1 is 1.41 bits per heavy atom. The van der Waals surface area contributed by atoms with Crippen molar-refractivity contribution in [3.8, 4) is 0 Å². The Balaban J connectivity index is 1.75. The Hall–Kier alpha value is -2.61. The second kappa shape index (κ2) is 6.02. The minimum Gasteiger partial charge on any atom is -0.459 e. The maximum atomic E-state index is 12.3. The molecular formula is C14H16N4O4. The molecule has 8 heteroatoms. The molecule has 116 valence electrons. The molecule has 0 bridgehead atoms. The van der Waals surface area contributed by atoms with E-state index >= 15 is 0 Å². The summed E-state index contributed by atoms with van der Waals surface area (Å²) >= 11 is 0. The number of rotatable bonds is 2. The summed E-state index contributed by atoms with van der Waals surface area (Å²) in [6.45, 7) is 1.39. The van der Waals surface area contributed by atoms with Gasteiger partial charge in [-0.2, -0.15) is 0 Å². The van der Waals surface area contributed by atoms with Crippen molar-refractivity contribution in [1.82, 2.24) is 14.9 Å². The number of hydrogen-bond acceptors (Lipinski definition) is 6. The summed E-state index contributed by atoms with van der Waals surface area (Å²) in [6.07, 6.45) is 2.02. The van der Waals surface area contributed by atoms with Crippen LogP contribution in [0.4, 0.5) is 5.82 Å². The van der Waals surface area contributed by atoms with Crippen LogP contribution in [0.15, 0.2) is 40.0 Å². The van der Waals surface area contributed by atoms with Gasteiger partial charge in [0, 0.05) is 32.2 Å². The van der Waals surface area contributed by atoms with Gasteiger partial charge in [-0.15, -0.1) is 0 Å². The lowest BCUT2D eigenvalue weighted by Gasteiger charge is -2.22. The molecule has 2 aromatic rings. The number of β-amino-alcohol motifs (C(OH)–C–C–N with tert-alkyl or cyclic N) is 1.